The van der Waals surface area contributed by atoms with E-state index in [-0.39, 0.29) is 5.38 Å². The zero-order chi connectivity index (χ0) is 9.12. The predicted octanol–water partition coefficient (Wildman–Crippen LogP) is 1.53. The molecule has 1 N–H and O–H groups in total. The van der Waals surface area contributed by atoms with Gasteiger partial charge in [-0.3, -0.25) is 4.55 Å². The molecule has 0 fully saturated rings. The Labute approximate surface area is 69.6 Å². The first-order valence-corrected chi connectivity index (χ1v) is 8.74. The quantitative estimate of drug-likeness (QED) is 0.548. The zero-order valence-corrected chi connectivity index (χ0v) is 9.11. The molecule has 0 aromatic heterocycles. The Morgan fingerprint density at radius 1 is 1.36 bits per heavy atom. The lowest BCUT2D eigenvalue weighted by Crippen LogP contribution is -2.35. The molecule has 0 aliphatic heterocycles. The molecule has 0 unspecified atom stereocenters. The summed E-state index contributed by atoms with van der Waals surface area (Å²) in [4.78, 5) is 0. The minimum absolute atomic E-state index is 0.00611. The SMILES string of the molecule is CCC[Si](C)(C)CS(=O)(=O)O. The van der Waals surface area contributed by atoms with Gasteiger partial charge in [0.25, 0.3) is 10.1 Å². The van der Waals surface area contributed by atoms with E-state index < -0.39 is 18.2 Å². The summed E-state index contributed by atoms with van der Waals surface area (Å²) in [5.41, 5.74) is 0. The highest BCUT2D eigenvalue weighted by atomic mass is 32.2. The van der Waals surface area contributed by atoms with Crippen molar-refractivity contribution < 1.29 is 13.0 Å². The van der Waals surface area contributed by atoms with Crippen molar-refractivity contribution in [2.75, 3.05) is 5.38 Å². The fourth-order valence-electron chi connectivity index (χ4n) is 1.24. The lowest BCUT2D eigenvalue weighted by molar-refractivity contribution is 0.488. The van der Waals surface area contributed by atoms with Crippen LogP contribution in [0, 0.1) is 0 Å². The van der Waals surface area contributed by atoms with Gasteiger partial charge in [0.1, 0.15) is 0 Å². The molecule has 0 saturated carbocycles. The first-order valence-electron chi connectivity index (χ1n) is 3.72. The van der Waals surface area contributed by atoms with Gasteiger partial charge in [0, 0.05) is 0 Å². The Bertz CT molecular complexity index is 208. The summed E-state index contributed by atoms with van der Waals surface area (Å²) in [6, 6.07) is 0.951. The van der Waals surface area contributed by atoms with Crippen LogP contribution >= 0.6 is 0 Å². The fraction of sp³-hybridized carbons (Fsp3) is 1.00. The third-order valence-electron chi connectivity index (χ3n) is 1.50. The fourth-order valence-corrected chi connectivity index (χ4v) is 7.12. The maximum Gasteiger partial charge on any atom is 0.262 e. The van der Waals surface area contributed by atoms with Crippen molar-refractivity contribution in [1.29, 1.82) is 0 Å². The standard InChI is InChI=1S/C6H16O3SSi/c1-4-5-11(2,3)6-10(7,8)9/h4-6H2,1-3H3,(H,7,8,9). The average molecular weight is 196 g/mol. The van der Waals surface area contributed by atoms with E-state index in [1.165, 1.54) is 0 Å². The zero-order valence-electron chi connectivity index (χ0n) is 7.29. The van der Waals surface area contributed by atoms with Gasteiger partial charge in [-0.2, -0.15) is 8.42 Å². The van der Waals surface area contributed by atoms with Crippen molar-refractivity contribution in [2.24, 2.45) is 0 Å². The molecule has 0 saturated heterocycles. The van der Waals surface area contributed by atoms with Gasteiger partial charge >= 0.3 is 0 Å². The van der Waals surface area contributed by atoms with Crippen molar-refractivity contribution in [1.82, 2.24) is 0 Å². The minimum atomic E-state index is -3.74. The van der Waals surface area contributed by atoms with Crippen molar-refractivity contribution in [3.05, 3.63) is 0 Å². The Kier molecular flexibility index (Phi) is 3.73. The minimum Gasteiger partial charge on any atom is -0.286 e. The average Bonchev–Trinajstić information content (AvgIpc) is 1.55. The van der Waals surface area contributed by atoms with Crippen molar-refractivity contribution >= 4 is 18.2 Å². The highest BCUT2D eigenvalue weighted by Gasteiger charge is 2.25. The van der Waals surface area contributed by atoms with Gasteiger partial charge in [-0.1, -0.05) is 32.5 Å². The number of rotatable bonds is 4. The van der Waals surface area contributed by atoms with E-state index >= 15 is 0 Å². The van der Waals surface area contributed by atoms with Crippen molar-refractivity contribution in [3.8, 4) is 0 Å². The Balaban J connectivity index is 4.13. The molecular weight excluding hydrogens is 180 g/mol. The lowest BCUT2D eigenvalue weighted by atomic mass is 10.6. The van der Waals surface area contributed by atoms with Crippen LogP contribution in [0.15, 0.2) is 0 Å². The molecule has 3 nitrogen and oxygen atoms in total. The summed E-state index contributed by atoms with van der Waals surface area (Å²) in [6.45, 7) is 5.98. The molecule has 11 heavy (non-hydrogen) atoms. The highest BCUT2D eigenvalue weighted by Crippen LogP contribution is 2.13. The van der Waals surface area contributed by atoms with E-state index in [0.717, 1.165) is 12.5 Å². The molecule has 68 valence electrons. The van der Waals surface area contributed by atoms with Crippen LogP contribution in [0.3, 0.4) is 0 Å². The first-order chi connectivity index (χ1) is 4.77. The van der Waals surface area contributed by atoms with Gasteiger partial charge in [0.2, 0.25) is 0 Å². The first kappa shape index (κ1) is 11.1. The number of hydrogen-bond acceptors (Lipinski definition) is 2. The van der Waals surface area contributed by atoms with E-state index in [4.69, 9.17) is 4.55 Å². The summed E-state index contributed by atoms with van der Waals surface area (Å²) in [6.07, 6.45) is 0.995. The van der Waals surface area contributed by atoms with E-state index in [1.807, 2.05) is 20.0 Å². The molecule has 0 aliphatic carbocycles. The Morgan fingerprint density at radius 2 is 1.82 bits per heavy atom. The van der Waals surface area contributed by atoms with E-state index in [9.17, 15) is 8.42 Å². The van der Waals surface area contributed by atoms with Gasteiger partial charge < -0.3 is 0 Å². The summed E-state index contributed by atoms with van der Waals surface area (Å²) in [7, 11) is -5.42. The maximum absolute atomic E-state index is 10.5. The van der Waals surface area contributed by atoms with Crippen LogP contribution in [0.4, 0.5) is 0 Å². The Morgan fingerprint density at radius 3 is 2.09 bits per heavy atom. The molecule has 0 radical (unpaired) electrons. The van der Waals surface area contributed by atoms with Crippen LogP contribution in [0.1, 0.15) is 13.3 Å². The van der Waals surface area contributed by atoms with Gasteiger partial charge in [0.05, 0.1) is 13.5 Å². The van der Waals surface area contributed by atoms with Crippen LogP contribution in [0.5, 0.6) is 0 Å². The smallest absolute Gasteiger partial charge is 0.262 e. The predicted molar refractivity (Wildman–Crippen MR) is 49.0 cm³/mol. The highest BCUT2D eigenvalue weighted by molar-refractivity contribution is 7.87. The van der Waals surface area contributed by atoms with Crippen LogP contribution in [0.25, 0.3) is 0 Å². The molecule has 0 bridgehead atoms. The number of hydrogen-bond donors (Lipinski definition) is 1. The second kappa shape index (κ2) is 3.69. The molecule has 0 aromatic rings. The van der Waals surface area contributed by atoms with E-state index in [2.05, 4.69) is 0 Å². The normalized spacial score (nSPS) is 13.5. The third-order valence-corrected chi connectivity index (χ3v) is 7.94. The molecule has 0 aromatic carbocycles. The summed E-state index contributed by atoms with van der Waals surface area (Å²) >= 11 is 0. The largest absolute Gasteiger partial charge is 0.286 e. The molecule has 0 aliphatic rings. The van der Waals surface area contributed by atoms with Crippen LogP contribution in [0.2, 0.25) is 19.1 Å². The van der Waals surface area contributed by atoms with Crippen LogP contribution < -0.4 is 0 Å². The summed E-state index contributed by atoms with van der Waals surface area (Å²) in [5, 5.41) is -0.00611. The van der Waals surface area contributed by atoms with Gasteiger partial charge in [-0.05, 0) is 0 Å². The van der Waals surface area contributed by atoms with Crippen LogP contribution in [-0.2, 0) is 10.1 Å². The van der Waals surface area contributed by atoms with Gasteiger partial charge in [-0.25, -0.2) is 0 Å². The molecule has 0 atom stereocenters. The lowest BCUT2D eigenvalue weighted by Gasteiger charge is -2.18. The summed E-state index contributed by atoms with van der Waals surface area (Å²) < 4.78 is 29.6. The van der Waals surface area contributed by atoms with Gasteiger partial charge in [-0.15, -0.1) is 0 Å². The molecule has 0 spiro atoms. The Hall–Kier alpha value is 0.127. The van der Waals surface area contributed by atoms with Crippen molar-refractivity contribution in [2.45, 2.75) is 32.5 Å². The van der Waals surface area contributed by atoms with Crippen LogP contribution in [-0.4, -0.2) is 26.4 Å². The monoisotopic (exact) mass is 196 g/mol. The third kappa shape index (κ3) is 6.52. The maximum atomic E-state index is 10.5. The molecule has 5 heteroatoms. The topological polar surface area (TPSA) is 54.4 Å². The molecular formula is C6H16O3SSi. The molecule has 0 amide bonds. The second-order valence-corrected chi connectivity index (χ2v) is 10.8. The molecule has 0 heterocycles. The van der Waals surface area contributed by atoms with E-state index in [1.54, 1.807) is 0 Å². The van der Waals surface area contributed by atoms with E-state index in [0.29, 0.717) is 0 Å². The molecule has 0 rings (SSSR count). The second-order valence-electron chi connectivity index (χ2n) is 3.64. The summed E-state index contributed by atoms with van der Waals surface area (Å²) in [5.74, 6) is 0. The van der Waals surface area contributed by atoms with Gasteiger partial charge in [0.15, 0.2) is 0 Å². The van der Waals surface area contributed by atoms with Crippen molar-refractivity contribution in [3.63, 3.8) is 0 Å².